The van der Waals surface area contributed by atoms with Gasteiger partial charge in [-0.25, -0.2) is 14.6 Å². The lowest BCUT2D eigenvalue weighted by Gasteiger charge is -2.11. The molecule has 3 rings (SSSR count). The van der Waals surface area contributed by atoms with Gasteiger partial charge in [0.15, 0.2) is 0 Å². The number of carboxylic acid groups (broad SMARTS) is 2. The first-order valence-electron chi connectivity index (χ1n) is 10.8. The van der Waals surface area contributed by atoms with Crippen LogP contribution in [-0.2, 0) is 24.2 Å². The van der Waals surface area contributed by atoms with Crippen LogP contribution in [0.5, 0.6) is 0 Å². The quantitative estimate of drug-likeness (QED) is 0.379. The van der Waals surface area contributed by atoms with E-state index in [4.69, 9.17) is 5.11 Å². The van der Waals surface area contributed by atoms with Gasteiger partial charge in [-0.1, -0.05) is 39.0 Å². The number of imidazole rings is 1. The maximum absolute atomic E-state index is 11.8. The summed E-state index contributed by atoms with van der Waals surface area (Å²) < 4.78 is 2.01. The lowest BCUT2D eigenvalue weighted by atomic mass is 10.1. The summed E-state index contributed by atoms with van der Waals surface area (Å²) in [6, 6.07) is 10.7. The summed E-state index contributed by atoms with van der Waals surface area (Å²) in [6.07, 6.45) is 6.24. The highest BCUT2D eigenvalue weighted by atomic mass is 32.1. The summed E-state index contributed by atoms with van der Waals surface area (Å²) in [6.45, 7) is 6.57. The van der Waals surface area contributed by atoms with Crippen molar-refractivity contribution in [3.05, 3.63) is 81.1 Å². The maximum Gasteiger partial charge on any atom is 0.335 e. The number of aromatic carboxylic acids is 1. The Kier molecular flexibility index (Phi) is 9.88. The van der Waals surface area contributed by atoms with E-state index in [0.29, 0.717) is 25.0 Å². The van der Waals surface area contributed by atoms with Gasteiger partial charge in [0, 0.05) is 23.4 Å². The zero-order valence-corrected chi connectivity index (χ0v) is 19.6. The third-order valence-electron chi connectivity index (χ3n) is 4.80. The molecule has 0 unspecified atom stereocenters. The molecule has 2 N–H and O–H groups in total. The molecular weight excluding hydrogens is 424 g/mol. The summed E-state index contributed by atoms with van der Waals surface area (Å²) in [5.41, 5.74) is 2.25. The number of thiophene rings is 1. The Morgan fingerprint density at radius 2 is 1.81 bits per heavy atom. The molecule has 2 aromatic heterocycles. The number of carbonyl (C=O) groups is 2. The van der Waals surface area contributed by atoms with Gasteiger partial charge in [0.05, 0.1) is 17.5 Å². The van der Waals surface area contributed by atoms with E-state index < -0.39 is 11.9 Å². The zero-order chi connectivity index (χ0) is 23.5. The third kappa shape index (κ3) is 6.92. The van der Waals surface area contributed by atoms with Crippen LogP contribution in [0.4, 0.5) is 0 Å². The molecule has 170 valence electrons. The number of carboxylic acids is 2. The number of hydrogen-bond donors (Lipinski definition) is 2. The molecule has 32 heavy (non-hydrogen) atoms. The van der Waals surface area contributed by atoms with E-state index in [9.17, 15) is 14.7 Å². The van der Waals surface area contributed by atoms with Crippen LogP contribution in [0.2, 0.25) is 0 Å². The normalized spacial score (nSPS) is 11.0. The fraction of sp³-hybridized carbons (Fsp3) is 0.320. The van der Waals surface area contributed by atoms with Gasteiger partial charge in [-0.15, -0.1) is 11.3 Å². The van der Waals surface area contributed by atoms with Crippen LogP contribution in [0.15, 0.2) is 53.5 Å². The van der Waals surface area contributed by atoms with E-state index in [-0.39, 0.29) is 5.56 Å². The Bertz CT molecular complexity index is 1030. The summed E-state index contributed by atoms with van der Waals surface area (Å²) in [5, 5.41) is 20.8. The van der Waals surface area contributed by atoms with Crippen LogP contribution in [0.3, 0.4) is 0 Å². The van der Waals surface area contributed by atoms with Gasteiger partial charge in [0.1, 0.15) is 5.82 Å². The molecule has 0 saturated heterocycles. The van der Waals surface area contributed by atoms with E-state index >= 15 is 0 Å². The largest absolute Gasteiger partial charge is 0.478 e. The summed E-state index contributed by atoms with van der Waals surface area (Å²) >= 11 is 1.62. The minimum Gasteiger partial charge on any atom is -0.478 e. The first-order chi connectivity index (χ1) is 15.5. The number of aryl methyl sites for hydroxylation is 2. The van der Waals surface area contributed by atoms with Gasteiger partial charge in [-0.2, -0.15) is 0 Å². The number of aliphatic carboxylic acids is 1. The van der Waals surface area contributed by atoms with Gasteiger partial charge < -0.3 is 14.8 Å². The molecule has 0 aliphatic rings. The Balaban J connectivity index is 0.00000176. The molecule has 7 heteroatoms. The number of rotatable bonds is 10. The summed E-state index contributed by atoms with van der Waals surface area (Å²) in [7, 11) is 0. The third-order valence-corrected chi connectivity index (χ3v) is 5.74. The molecule has 2 heterocycles. The molecule has 0 saturated carbocycles. The monoisotopic (exact) mass is 454 g/mol. The van der Waals surface area contributed by atoms with Crippen LogP contribution in [0, 0.1) is 0 Å². The van der Waals surface area contributed by atoms with Crippen molar-refractivity contribution < 1.29 is 19.8 Å². The van der Waals surface area contributed by atoms with Gasteiger partial charge in [-0.3, -0.25) is 0 Å². The second-order valence-corrected chi connectivity index (χ2v) is 8.02. The van der Waals surface area contributed by atoms with E-state index in [1.165, 1.54) is 0 Å². The van der Waals surface area contributed by atoms with Crippen LogP contribution < -0.4 is 0 Å². The van der Waals surface area contributed by atoms with Crippen LogP contribution >= 0.6 is 11.3 Å². The lowest BCUT2D eigenvalue weighted by molar-refractivity contribution is -0.132. The molecule has 0 atom stereocenters. The number of benzene rings is 1. The molecule has 0 aliphatic heterocycles. The van der Waals surface area contributed by atoms with E-state index in [1.807, 2.05) is 35.9 Å². The summed E-state index contributed by atoms with van der Waals surface area (Å²) in [4.78, 5) is 28.6. The first-order valence-corrected chi connectivity index (χ1v) is 11.7. The van der Waals surface area contributed by atoms with E-state index in [0.717, 1.165) is 34.8 Å². The minimum atomic E-state index is -0.962. The minimum absolute atomic E-state index is 0.236. The van der Waals surface area contributed by atoms with E-state index in [2.05, 4.69) is 11.9 Å². The first kappa shape index (κ1) is 25.1. The average Bonchev–Trinajstić information content (AvgIpc) is 3.44. The molecule has 6 nitrogen and oxygen atoms in total. The predicted molar refractivity (Wildman–Crippen MR) is 128 cm³/mol. The van der Waals surface area contributed by atoms with Crippen molar-refractivity contribution in [3.63, 3.8) is 0 Å². The predicted octanol–water partition coefficient (Wildman–Crippen LogP) is 5.77. The van der Waals surface area contributed by atoms with Crippen molar-refractivity contribution in [1.82, 2.24) is 9.55 Å². The Labute approximate surface area is 192 Å². The molecule has 0 amide bonds. The molecule has 0 spiro atoms. The summed E-state index contributed by atoms with van der Waals surface area (Å²) in [5.74, 6) is -1.01. The second-order valence-electron chi connectivity index (χ2n) is 6.99. The van der Waals surface area contributed by atoms with E-state index in [1.54, 1.807) is 47.9 Å². The molecule has 0 radical (unpaired) electrons. The maximum atomic E-state index is 11.8. The molecule has 3 aromatic rings. The van der Waals surface area contributed by atoms with Crippen molar-refractivity contribution in [2.75, 3.05) is 0 Å². The molecule has 0 fully saturated rings. The van der Waals surface area contributed by atoms with Crippen LogP contribution in [0.1, 0.15) is 65.9 Å². The fourth-order valence-corrected chi connectivity index (χ4v) is 3.93. The second kappa shape index (κ2) is 12.6. The van der Waals surface area contributed by atoms with Crippen molar-refractivity contribution in [3.8, 4) is 0 Å². The average molecular weight is 455 g/mol. The number of aromatic nitrogens is 2. The van der Waals surface area contributed by atoms with Gasteiger partial charge in [0.2, 0.25) is 0 Å². The van der Waals surface area contributed by atoms with Crippen molar-refractivity contribution >= 4 is 29.4 Å². The Morgan fingerprint density at radius 1 is 1.09 bits per heavy atom. The number of nitrogens with zero attached hydrogens (tertiary/aromatic N) is 2. The SMILES string of the molecule is CC.CCCc1ncc(/C=C(\CCc2cccs2)C(=O)O)n1Cc1ccc(C(=O)O)cc1. The standard InChI is InChI=1S/C23H24N2O4S.C2H6/c1-2-4-21-24-14-19(13-18(23(28)29)10-11-20-5-3-12-30-20)25(21)15-16-6-8-17(9-7-16)22(26)27;1-2/h3,5-9,12-14H,2,4,10-11,15H2,1H3,(H,26,27)(H,28,29);1-2H3/b18-13+;. The van der Waals surface area contributed by atoms with Gasteiger partial charge >= 0.3 is 11.9 Å². The number of hydrogen-bond acceptors (Lipinski definition) is 4. The molecule has 0 aliphatic carbocycles. The molecule has 1 aromatic carbocycles. The lowest BCUT2D eigenvalue weighted by Crippen LogP contribution is -2.09. The van der Waals surface area contributed by atoms with Crippen LogP contribution in [-0.4, -0.2) is 31.7 Å². The molecule has 0 bridgehead atoms. The topological polar surface area (TPSA) is 92.4 Å². The van der Waals surface area contributed by atoms with Crippen molar-refractivity contribution in [2.24, 2.45) is 0 Å². The highest BCUT2D eigenvalue weighted by Crippen LogP contribution is 2.19. The van der Waals surface area contributed by atoms with Crippen LogP contribution in [0.25, 0.3) is 6.08 Å². The smallest absolute Gasteiger partial charge is 0.335 e. The van der Waals surface area contributed by atoms with Crippen molar-refractivity contribution in [1.29, 1.82) is 0 Å². The molecular formula is C25H30N2O4S. The Morgan fingerprint density at radius 3 is 2.38 bits per heavy atom. The zero-order valence-electron chi connectivity index (χ0n) is 18.7. The highest BCUT2D eigenvalue weighted by Gasteiger charge is 2.14. The fourth-order valence-electron chi connectivity index (χ4n) is 3.22. The van der Waals surface area contributed by atoms with Crippen molar-refractivity contribution in [2.45, 2.75) is 53.0 Å². The Hall–Kier alpha value is -3.19. The van der Waals surface area contributed by atoms with Gasteiger partial charge in [0.25, 0.3) is 0 Å². The van der Waals surface area contributed by atoms with Gasteiger partial charge in [-0.05, 0) is 54.5 Å². The highest BCUT2D eigenvalue weighted by molar-refractivity contribution is 7.09.